The quantitative estimate of drug-likeness (QED) is 0.588. The number of hydrogen-bond donors (Lipinski definition) is 0. The molecule has 1 atom stereocenters. The lowest BCUT2D eigenvalue weighted by Crippen LogP contribution is -2.44. The van der Waals surface area contributed by atoms with Crippen LogP contribution in [-0.2, 0) is 10.2 Å². The van der Waals surface area contributed by atoms with Gasteiger partial charge in [-0.25, -0.2) is 0 Å². The van der Waals surface area contributed by atoms with E-state index in [0.717, 1.165) is 12.5 Å². The van der Waals surface area contributed by atoms with Gasteiger partial charge in [-0.15, -0.1) is 0 Å². The van der Waals surface area contributed by atoms with Gasteiger partial charge < -0.3 is 4.74 Å². The van der Waals surface area contributed by atoms with Crippen LogP contribution in [0.25, 0.3) is 0 Å². The fourth-order valence-corrected chi connectivity index (χ4v) is 1.70. The summed E-state index contributed by atoms with van der Waals surface area (Å²) in [4.78, 5) is 11.9. The van der Waals surface area contributed by atoms with Crippen LogP contribution in [0.4, 0.5) is 13.2 Å². The highest BCUT2D eigenvalue weighted by Gasteiger charge is 2.56. The molecule has 0 aliphatic carbocycles. The van der Waals surface area contributed by atoms with Crippen LogP contribution < -0.4 is 4.74 Å². The topological polar surface area (TPSA) is 26.3 Å². The van der Waals surface area contributed by atoms with Crippen LogP contribution in [0.2, 0.25) is 0 Å². The minimum Gasteiger partial charge on any atom is -0.426 e. The van der Waals surface area contributed by atoms with Gasteiger partial charge in [-0.3, -0.25) is 4.79 Å². The predicted molar refractivity (Wildman–Crippen MR) is 75.2 cm³/mol. The van der Waals surface area contributed by atoms with Gasteiger partial charge in [0.2, 0.25) is 0 Å². The summed E-state index contributed by atoms with van der Waals surface area (Å²) in [6.45, 7) is 8.24. The van der Waals surface area contributed by atoms with Crippen molar-refractivity contribution in [3.8, 4) is 5.75 Å². The Hall–Kier alpha value is -1.52. The summed E-state index contributed by atoms with van der Waals surface area (Å²) in [6, 6.07) is 6.54. The number of alkyl halides is 3. The smallest absolute Gasteiger partial charge is 0.404 e. The van der Waals surface area contributed by atoms with Gasteiger partial charge in [-0.05, 0) is 36.5 Å². The van der Waals surface area contributed by atoms with Crippen molar-refractivity contribution in [3.63, 3.8) is 0 Å². The lowest BCUT2D eigenvalue weighted by molar-refractivity contribution is -0.225. The van der Waals surface area contributed by atoms with E-state index in [2.05, 4.69) is 0 Å². The summed E-state index contributed by atoms with van der Waals surface area (Å²) < 4.78 is 43.8. The third kappa shape index (κ3) is 3.77. The van der Waals surface area contributed by atoms with Crippen molar-refractivity contribution in [2.24, 2.45) is 5.41 Å². The van der Waals surface area contributed by atoms with Gasteiger partial charge in [-0.2, -0.15) is 13.2 Å². The van der Waals surface area contributed by atoms with Crippen LogP contribution in [0.15, 0.2) is 24.3 Å². The first kappa shape index (κ1) is 17.5. The first-order valence-corrected chi connectivity index (χ1v) is 6.81. The van der Waals surface area contributed by atoms with Crippen LogP contribution in [0.5, 0.6) is 5.75 Å². The second-order valence-electron chi connectivity index (χ2n) is 6.35. The summed E-state index contributed by atoms with van der Waals surface area (Å²) in [5, 5.41) is 0. The van der Waals surface area contributed by atoms with Crippen molar-refractivity contribution in [2.45, 2.75) is 52.6 Å². The minimum absolute atomic E-state index is 0.0769. The molecular formula is C16H21F3O2. The van der Waals surface area contributed by atoms with Gasteiger partial charge in [0, 0.05) is 0 Å². The second-order valence-corrected chi connectivity index (χ2v) is 6.35. The largest absolute Gasteiger partial charge is 0.426 e. The van der Waals surface area contributed by atoms with E-state index in [1.54, 1.807) is 12.1 Å². The number of ether oxygens (including phenoxy) is 1. The molecule has 0 aliphatic rings. The van der Waals surface area contributed by atoms with Gasteiger partial charge >= 0.3 is 12.1 Å². The molecule has 5 heteroatoms. The molecule has 0 spiro atoms. The first-order valence-electron chi connectivity index (χ1n) is 6.81. The highest BCUT2D eigenvalue weighted by atomic mass is 19.4. The zero-order valence-corrected chi connectivity index (χ0v) is 13.0. The average molecular weight is 302 g/mol. The fourth-order valence-electron chi connectivity index (χ4n) is 1.70. The molecule has 1 aromatic rings. The van der Waals surface area contributed by atoms with E-state index in [1.165, 1.54) is 19.1 Å². The van der Waals surface area contributed by atoms with Crippen LogP contribution >= 0.6 is 0 Å². The molecule has 0 N–H and O–H groups in total. The zero-order valence-electron chi connectivity index (χ0n) is 13.0. The summed E-state index contributed by atoms with van der Waals surface area (Å²) in [5.41, 5.74) is -1.56. The summed E-state index contributed by atoms with van der Waals surface area (Å²) >= 11 is 0. The lowest BCUT2D eigenvalue weighted by atomic mass is 9.86. The molecule has 0 aromatic heterocycles. The molecule has 118 valence electrons. The SMILES string of the molecule is CCC(C)(C(=O)Oc1ccc(C(C)(C)C)cc1)C(F)(F)F. The van der Waals surface area contributed by atoms with E-state index < -0.39 is 17.6 Å². The van der Waals surface area contributed by atoms with Crippen molar-refractivity contribution in [2.75, 3.05) is 0 Å². The normalized spacial score (nSPS) is 15.4. The Kier molecular flexibility index (Phi) is 4.76. The Balaban J connectivity index is 2.94. The van der Waals surface area contributed by atoms with E-state index in [-0.39, 0.29) is 17.6 Å². The molecule has 0 radical (unpaired) electrons. The molecule has 0 fully saturated rings. The van der Waals surface area contributed by atoms with Gasteiger partial charge in [0.15, 0.2) is 5.41 Å². The third-order valence-electron chi connectivity index (χ3n) is 3.71. The molecule has 0 saturated heterocycles. The minimum atomic E-state index is -4.63. The summed E-state index contributed by atoms with van der Waals surface area (Å²) in [7, 11) is 0. The first-order chi connectivity index (χ1) is 9.41. The van der Waals surface area contributed by atoms with E-state index >= 15 is 0 Å². The average Bonchev–Trinajstić information content (AvgIpc) is 2.35. The van der Waals surface area contributed by atoms with E-state index in [9.17, 15) is 18.0 Å². The highest BCUT2D eigenvalue weighted by Crippen LogP contribution is 2.42. The summed E-state index contributed by atoms with van der Waals surface area (Å²) in [6.07, 6.45) is -5.00. The maximum atomic E-state index is 13.0. The molecule has 0 heterocycles. The van der Waals surface area contributed by atoms with Gasteiger partial charge in [0.1, 0.15) is 5.75 Å². The maximum Gasteiger partial charge on any atom is 0.404 e. The molecule has 0 aliphatic heterocycles. The molecule has 1 aromatic carbocycles. The molecule has 21 heavy (non-hydrogen) atoms. The van der Waals surface area contributed by atoms with Crippen molar-refractivity contribution < 1.29 is 22.7 Å². The Bertz CT molecular complexity index is 498. The van der Waals surface area contributed by atoms with Gasteiger partial charge in [0.05, 0.1) is 0 Å². The monoisotopic (exact) mass is 302 g/mol. The number of carbonyl (C=O) groups excluding carboxylic acids is 1. The number of esters is 1. The highest BCUT2D eigenvalue weighted by molar-refractivity contribution is 5.79. The van der Waals surface area contributed by atoms with Crippen LogP contribution in [0.1, 0.15) is 46.6 Å². The van der Waals surface area contributed by atoms with Crippen molar-refractivity contribution in [3.05, 3.63) is 29.8 Å². The standard InChI is InChI=1S/C16H21F3O2/c1-6-15(5,16(17,18)19)13(20)21-12-9-7-11(8-10-12)14(2,3)4/h7-10H,6H2,1-5H3. The molecule has 0 bridgehead atoms. The molecule has 0 amide bonds. The zero-order chi connectivity index (χ0) is 16.5. The molecule has 2 nitrogen and oxygen atoms in total. The number of hydrogen-bond acceptors (Lipinski definition) is 2. The van der Waals surface area contributed by atoms with Crippen LogP contribution in [0, 0.1) is 5.41 Å². The number of halogens is 3. The molecule has 0 saturated carbocycles. The van der Waals surface area contributed by atoms with E-state index in [0.29, 0.717) is 0 Å². The Morgan fingerprint density at radius 3 is 1.86 bits per heavy atom. The Morgan fingerprint density at radius 1 is 1.05 bits per heavy atom. The van der Waals surface area contributed by atoms with Crippen molar-refractivity contribution in [1.29, 1.82) is 0 Å². The van der Waals surface area contributed by atoms with Gasteiger partial charge in [0.25, 0.3) is 0 Å². The second kappa shape index (κ2) is 5.70. The van der Waals surface area contributed by atoms with Gasteiger partial charge in [-0.1, -0.05) is 39.8 Å². The fraction of sp³-hybridized carbons (Fsp3) is 0.562. The number of benzene rings is 1. The third-order valence-corrected chi connectivity index (χ3v) is 3.71. The van der Waals surface area contributed by atoms with E-state index in [1.807, 2.05) is 20.8 Å². The van der Waals surface area contributed by atoms with Crippen molar-refractivity contribution in [1.82, 2.24) is 0 Å². The van der Waals surface area contributed by atoms with Crippen LogP contribution in [0.3, 0.4) is 0 Å². The van der Waals surface area contributed by atoms with Crippen molar-refractivity contribution >= 4 is 5.97 Å². The number of rotatable bonds is 3. The molecule has 1 rings (SSSR count). The molecular weight excluding hydrogens is 281 g/mol. The number of carbonyl (C=O) groups is 1. The summed E-state index contributed by atoms with van der Waals surface area (Å²) in [5.74, 6) is -1.15. The molecule has 1 unspecified atom stereocenters. The lowest BCUT2D eigenvalue weighted by Gasteiger charge is -2.28. The maximum absolute atomic E-state index is 13.0. The van der Waals surface area contributed by atoms with E-state index in [4.69, 9.17) is 4.74 Å². The Labute approximate surface area is 123 Å². The Morgan fingerprint density at radius 2 is 1.52 bits per heavy atom. The van der Waals surface area contributed by atoms with Crippen LogP contribution in [-0.4, -0.2) is 12.1 Å². The predicted octanol–water partition coefficient (Wildman–Crippen LogP) is 4.87.